The fourth-order valence-corrected chi connectivity index (χ4v) is 8.78. The lowest BCUT2D eigenvalue weighted by Gasteiger charge is -2.35. The minimum Gasteiger partial charge on any atom is -0.479 e. The molecular weight excluding hydrogens is 668 g/mol. The summed E-state index contributed by atoms with van der Waals surface area (Å²) in [5.74, 6) is -2.00. The maximum absolute atomic E-state index is 13.9. The van der Waals surface area contributed by atoms with Crippen LogP contribution in [0.15, 0.2) is 89.4 Å². The lowest BCUT2D eigenvalue weighted by atomic mass is 10.1. The topological polar surface area (TPSA) is 122 Å². The molecule has 1 aliphatic rings. The van der Waals surface area contributed by atoms with Gasteiger partial charge in [0.25, 0.3) is 0 Å². The molecule has 3 aromatic carbocycles. The van der Waals surface area contributed by atoms with Crippen molar-refractivity contribution in [1.82, 2.24) is 5.32 Å². The molecule has 5 rings (SSSR count). The van der Waals surface area contributed by atoms with E-state index in [4.69, 9.17) is 9.47 Å². The van der Waals surface area contributed by atoms with E-state index in [1.54, 1.807) is 36.4 Å². The smallest absolute Gasteiger partial charge is 0.349 e. The summed E-state index contributed by atoms with van der Waals surface area (Å²) in [4.78, 5) is 25.0. The summed E-state index contributed by atoms with van der Waals surface area (Å²) in [5.41, 5.74) is 2.61. The molecule has 1 fully saturated rings. The number of nitrogens with zero attached hydrogens (tertiary/aromatic N) is 1. The molecule has 0 spiro atoms. The fourth-order valence-electron chi connectivity index (χ4n) is 5.04. The van der Waals surface area contributed by atoms with Gasteiger partial charge in [-0.25, -0.2) is 18.0 Å². The normalized spacial score (nSPS) is 13.8. The van der Waals surface area contributed by atoms with Crippen molar-refractivity contribution in [2.45, 2.75) is 31.2 Å². The molecule has 0 radical (unpaired) electrons. The summed E-state index contributed by atoms with van der Waals surface area (Å²) in [6.07, 6.45) is 1.31. The van der Waals surface area contributed by atoms with E-state index >= 15 is 0 Å². The van der Waals surface area contributed by atoms with Gasteiger partial charge in [-0.1, -0.05) is 72.8 Å². The molecule has 0 aliphatic carbocycles. The minimum absolute atomic E-state index is 0.00599. The first-order valence-corrected chi connectivity index (χ1v) is 17.2. The van der Waals surface area contributed by atoms with Crippen molar-refractivity contribution in [2.75, 3.05) is 24.0 Å². The zero-order chi connectivity index (χ0) is 31.1. The van der Waals surface area contributed by atoms with E-state index in [2.05, 4.69) is 21.2 Å². The number of nitrogens with one attached hydrogen (secondary N) is 1. The summed E-state index contributed by atoms with van der Waals surface area (Å²) in [6.45, 7) is 0.991. The van der Waals surface area contributed by atoms with Crippen LogP contribution >= 0.6 is 27.3 Å². The van der Waals surface area contributed by atoms with Gasteiger partial charge in [0.15, 0.2) is 17.2 Å². The number of thiophene rings is 1. The van der Waals surface area contributed by atoms with E-state index in [1.165, 1.54) is 4.31 Å². The first kappa shape index (κ1) is 31.7. The van der Waals surface area contributed by atoms with Crippen molar-refractivity contribution in [3.05, 3.63) is 105 Å². The van der Waals surface area contributed by atoms with Crippen molar-refractivity contribution in [3.8, 4) is 16.2 Å². The van der Waals surface area contributed by atoms with Gasteiger partial charge < -0.3 is 19.9 Å². The predicted molar refractivity (Wildman–Crippen MR) is 174 cm³/mol. The zero-order valence-corrected chi connectivity index (χ0v) is 26.9. The van der Waals surface area contributed by atoms with Crippen LogP contribution in [-0.2, 0) is 31.9 Å². The molecule has 2 heterocycles. The first-order chi connectivity index (χ1) is 21.2. The average molecular weight is 700 g/mol. The number of piperidine rings is 1. The molecule has 1 aliphatic heterocycles. The highest BCUT2D eigenvalue weighted by Crippen LogP contribution is 2.46. The second-order valence-corrected chi connectivity index (χ2v) is 13.9. The monoisotopic (exact) mass is 698 g/mol. The predicted octanol–water partition coefficient (Wildman–Crippen LogP) is 6.09. The Morgan fingerprint density at radius 2 is 1.61 bits per heavy atom. The number of sulfonamides is 1. The molecule has 0 unspecified atom stereocenters. The number of hydrogen-bond acceptors (Lipinski definition) is 8. The lowest BCUT2D eigenvalue weighted by molar-refractivity contribution is -0.147. The largest absolute Gasteiger partial charge is 0.479 e. The van der Waals surface area contributed by atoms with Crippen LogP contribution in [0.3, 0.4) is 0 Å². The Kier molecular flexibility index (Phi) is 10.4. The van der Waals surface area contributed by atoms with Crippen molar-refractivity contribution in [3.63, 3.8) is 0 Å². The number of benzene rings is 3. The van der Waals surface area contributed by atoms with Crippen LogP contribution in [0, 0.1) is 0 Å². The number of hydrogen-bond donors (Lipinski definition) is 2. The molecule has 9 nitrogen and oxygen atoms in total. The van der Waals surface area contributed by atoms with Gasteiger partial charge in [-0.05, 0) is 70.7 Å². The van der Waals surface area contributed by atoms with Crippen molar-refractivity contribution < 1.29 is 32.6 Å². The molecule has 0 bridgehead atoms. The van der Waals surface area contributed by atoms with Gasteiger partial charge in [0.1, 0.15) is 6.61 Å². The highest BCUT2D eigenvalue weighted by molar-refractivity contribution is 9.10. The quantitative estimate of drug-likeness (QED) is 0.171. The van der Waals surface area contributed by atoms with Crippen LogP contribution in [0.1, 0.15) is 33.6 Å². The Morgan fingerprint density at radius 3 is 2.27 bits per heavy atom. The Hall–Kier alpha value is -3.71. The first-order valence-electron chi connectivity index (χ1n) is 14.0. The number of esters is 1. The second-order valence-electron chi connectivity index (χ2n) is 10.2. The molecule has 230 valence electrons. The van der Waals surface area contributed by atoms with E-state index in [0.29, 0.717) is 52.1 Å². The van der Waals surface area contributed by atoms with E-state index in [-0.39, 0.29) is 29.0 Å². The number of rotatable bonds is 12. The summed E-state index contributed by atoms with van der Waals surface area (Å²) in [5, 5.41) is 13.2. The number of carbonyl (C=O) groups excluding carboxylic acids is 1. The number of ether oxygens (including phenoxy) is 2. The Bertz CT molecular complexity index is 1710. The summed E-state index contributed by atoms with van der Waals surface area (Å²) < 4.78 is 40.6. The molecule has 1 saturated heterocycles. The van der Waals surface area contributed by atoms with Crippen LogP contribution < -0.4 is 14.4 Å². The van der Waals surface area contributed by atoms with Gasteiger partial charge in [0, 0.05) is 6.04 Å². The summed E-state index contributed by atoms with van der Waals surface area (Å²) in [7, 11) is -3.77. The van der Waals surface area contributed by atoms with Gasteiger partial charge in [0.2, 0.25) is 10.0 Å². The van der Waals surface area contributed by atoms with Gasteiger partial charge >= 0.3 is 11.9 Å². The summed E-state index contributed by atoms with van der Waals surface area (Å²) in [6, 6.07) is 25.1. The molecule has 44 heavy (non-hydrogen) atoms. The molecule has 4 aromatic rings. The maximum atomic E-state index is 13.9. The number of anilines is 1. The molecule has 0 saturated carbocycles. The Balaban J connectivity index is 1.42. The van der Waals surface area contributed by atoms with E-state index in [1.807, 2.05) is 48.5 Å². The van der Waals surface area contributed by atoms with Crippen LogP contribution in [0.25, 0.3) is 10.4 Å². The van der Waals surface area contributed by atoms with E-state index in [9.17, 15) is 23.1 Å². The third-order valence-electron chi connectivity index (χ3n) is 7.08. The van der Waals surface area contributed by atoms with Crippen LogP contribution in [0.2, 0.25) is 0 Å². The Labute approximate surface area is 268 Å². The molecule has 0 atom stereocenters. The molecular formula is C32H31BrN2O7S2. The third-order valence-corrected chi connectivity index (χ3v) is 11.1. The second kappa shape index (κ2) is 14.4. The van der Waals surface area contributed by atoms with Crippen LogP contribution in [0.4, 0.5) is 5.69 Å². The summed E-state index contributed by atoms with van der Waals surface area (Å²) >= 11 is 4.46. The third kappa shape index (κ3) is 7.68. The van der Waals surface area contributed by atoms with Gasteiger partial charge in [-0.2, -0.15) is 0 Å². The molecule has 12 heteroatoms. The van der Waals surface area contributed by atoms with Crippen LogP contribution in [-0.4, -0.2) is 51.2 Å². The lowest BCUT2D eigenvalue weighted by Crippen LogP contribution is -2.46. The highest BCUT2D eigenvalue weighted by Gasteiger charge is 2.32. The zero-order valence-electron chi connectivity index (χ0n) is 23.6. The SMILES string of the molecule is O=C(COc1c(C(=O)O)sc(-c2cccc(N(C3CCNCC3)S(=O)(=O)Cc3ccccc3)c2)c1Br)OCc1ccccc1. The standard InChI is InChI=1S/C32H31BrN2O7S2/c33-28-29(42-20-27(36)41-19-22-8-3-1-4-9-22)31(32(37)38)43-30(28)24-12-7-13-26(18-24)35(25-14-16-34-17-15-25)44(39,40)21-23-10-5-2-6-11-23/h1-13,18,25,34H,14-17,19-21H2,(H,37,38). The van der Waals surface area contributed by atoms with E-state index in [0.717, 1.165) is 16.9 Å². The van der Waals surface area contributed by atoms with Crippen molar-refractivity contribution in [1.29, 1.82) is 0 Å². The number of carbonyl (C=O) groups is 2. The van der Waals surface area contributed by atoms with Crippen molar-refractivity contribution >= 4 is 54.9 Å². The molecule has 2 N–H and O–H groups in total. The number of carboxylic acid groups (broad SMARTS) is 1. The molecule has 1 aromatic heterocycles. The fraction of sp³-hybridized carbons (Fsp3) is 0.250. The van der Waals surface area contributed by atoms with Gasteiger partial charge in [0.05, 0.1) is 20.8 Å². The average Bonchev–Trinajstić information content (AvgIpc) is 3.36. The van der Waals surface area contributed by atoms with Gasteiger partial charge in [-0.3, -0.25) is 4.31 Å². The number of carboxylic acids is 1. The number of halogens is 1. The number of aromatic carboxylic acids is 1. The van der Waals surface area contributed by atoms with Crippen molar-refractivity contribution in [2.24, 2.45) is 0 Å². The van der Waals surface area contributed by atoms with Gasteiger partial charge in [-0.15, -0.1) is 11.3 Å². The van der Waals surface area contributed by atoms with Crippen LogP contribution in [0.5, 0.6) is 5.75 Å². The minimum atomic E-state index is -3.77. The Morgan fingerprint density at radius 1 is 0.955 bits per heavy atom. The molecule has 0 amide bonds. The highest BCUT2D eigenvalue weighted by atomic mass is 79.9. The van der Waals surface area contributed by atoms with E-state index < -0.39 is 28.6 Å². The maximum Gasteiger partial charge on any atom is 0.349 e.